The molecule has 1 amide bonds. The molecule has 0 unspecified atom stereocenters. The van der Waals surface area contributed by atoms with Gasteiger partial charge < -0.3 is 5.32 Å². The number of rotatable bonds is 3. The molecule has 2 fully saturated rings. The van der Waals surface area contributed by atoms with Gasteiger partial charge in [0.1, 0.15) is 11.6 Å². The summed E-state index contributed by atoms with van der Waals surface area (Å²) >= 11 is 0. The molecule has 4 heteroatoms. The third kappa shape index (κ3) is 2.56. The lowest BCUT2D eigenvalue weighted by molar-refractivity contribution is -0.127. The van der Waals surface area contributed by atoms with Gasteiger partial charge in [0.05, 0.1) is 5.54 Å². The fourth-order valence-corrected chi connectivity index (χ4v) is 3.17. The summed E-state index contributed by atoms with van der Waals surface area (Å²) in [5.41, 5.74) is -0.171. The highest BCUT2D eigenvalue weighted by atomic mass is 19.1. The van der Waals surface area contributed by atoms with E-state index in [1.165, 1.54) is 18.6 Å². The molecule has 0 radical (unpaired) electrons. The molecule has 2 nitrogen and oxygen atoms in total. The molecule has 0 saturated heterocycles. The van der Waals surface area contributed by atoms with E-state index < -0.39 is 17.2 Å². The summed E-state index contributed by atoms with van der Waals surface area (Å²) < 4.78 is 26.9. The number of amides is 1. The molecule has 20 heavy (non-hydrogen) atoms. The number of nitrogens with one attached hydrogen (secondary N) is 1. The third-order valence-electron chi connectivity index (χ3n) is 4.54. The highest BCUT2D eigenvalue weighted by Gasteiger charge is 2.48. The van der Waals surface area contributed by atoms with E-state index in [9.17, 15) is 13.6 Å². The summed E-state index contributed by atoms with van der Waals surface area (Å²) in [6, 6.07) is 3.60. The topological polar surface area (TPSA) is 29.1 Å². The summed E-state index contributed by atoms with van der Waals surface area (Å²) in [5.74, 6) is -1.05. The van der Waals surface area contributed by atoms with Gasteiger partial charge in [0, 0.05) is 17.5 Å². The number of hydrogen-bond donors (Lipinski definition) is 1. The highest BCUT2D eigenvalue weighted by Crippen LogP contribution is 2.47. The molecule has 1 N–H and O–H groups in total. The molecule has 3 rings (SSSR count). The standard InChI is InChI=1S/C16H19F2NO/c17-12-6-7-13(14(18)10-12)16(8-9-16)19-15(20)11-4-2-1-3-5-11/h6-7,10-11H,1-5,8-9H2,(H,19,20). The molecule has 0 heterocycles. The van der Waals surface area contributed by atoms with Crippen molar-refractivity contribution < 1.29 is 13.6 Å². The molecule has 1 aromatic carbocycles. The quantitative estimate of drug-likeness (QED) is 0.899. The zero-order valence-corrected chi connectivity index (χ0v) is 11.4. The Morgan fingerprint density at radius 1 is 1.15 bits per heavy atom. The number of carbonyl (C=O) groups excluding carboxylic acids is 1. The largest absolute Gasteiger partial charge is 0.346 e. The van der Waals surface area contributed by atoms with Crippen molar-refractivity contribution in [2.24, 2.45) is 5.92 Å². The van der Waals surface area contributed by atoms with Crippen molar-refractivity contribution in [1.29, 1.82) is 0 Å². The first-order valence-corrected chi connectivity index (χ1v) is 7.38. The summed E-state index contributed by atoms with van der Waals surface area (Å²) in [5, 5.41) is 3.01. The third-order valence-corrected chi connectivity index (χ3v) is 4.54. The van der Waals surface area contributed by atoms with Crippen LogP contribution in [0.3, 0.4) is 0 Å². The van der Waals surface area contributed by atoms with E-state index in [1.54, 1.807) is 0 Å². The lowest BCUT2D eigenvalue weighted by Gasteiger charge is -2.25. The van der Waals surface area contributed by atoms with Gasteiger partial charge >= 0.3 is 0 Å². The first-order chi connectivity index (χ1) is 9.61. The smallest absolute Gasteiger partial charge is 0.223 e. The van der Waals surface area contributed by atoms with Crippen LogP contribution in [-0.2, 0) is 10.3 Å². The summed E-state index contributed by atoms with van der Waals surface area (Å²) in [6.07, 6.45) is 6.69. The number of carbonyl (C=O) groups is 1. The van der Waals surface area contributed by atoms with Gasteiger partial charge in [0.2, 0.25) is 5.91 Å². The molecule has 0 atom stereocenters. The molecule has 108 valence electrons. The van der Waals surface area contributed by atoms with Crippen LogP contribution in [-0.4, -0.2) is 5.91 Å². The van der Waals surface area contributed by atoms with Crippen molar-refractivity contribution in [3.63, 3.8) is 0 Å². The van der Waals surface area contributed by atoms with Crippen LogP contribution in [0.2, 0.25) is 0 Å². The van der Waals surface area contributed by atoms with E-state index in [0.29, 0.717) is 5.56 Å². The lowest BCUT2D eigenvalue weighted by atomic mass is 9.88. The van der Waals surface area contributed by atoms with Crippen molar-refractivity contribution in [1.82, 2.24) is 5.32 Å². The molecule has 2 aliphatic rings. The molecule has 0 aromatic heterocycles. The van der Waals surface area contributed by atoms with E-state index in [-0.39, 0.29) is 11.8 Å². The van der Waals surface area contributed by atoms with Crippen molar-refractivity contribution in [3.05, 3.63) is 35.4 Å². The molecule has 0 bridgehead atoms. The van der Waals surface area contributed by atoms with Crippen molar-refractivity contribution in [2.75, 3.05) is 0 Å². The van der Waals surface area contributed by atoms with Gasteiger partial charge in [-0.2, -0.15) is 0 Å². The first-order valence-electron chi connectivity index (χ1n) is 7.38. The van der Waals surface area contributed by atoms with Crippen molar-refractivity contribution in [3.8, 4) is 0 Å². The SMILES string of the molecule is O=C(NC1(c2ccc(F)cc2F)CC1)C1CCCCC1. The van der Waals surface area contributed by atoms with Crippen molar-refractivity contribution in [2.45, 2.75) is 50.5 Å². The Kier molecular flexibility index (Phi) is 3.48. The van der Waals surface area contributed by atoms with Crippen LogP contribution in [0.15, 0.2) is 18.2 Å². The van der Waals surface area contributed by atoms with Gasteiger partial charge in [-0.25, -0.2) is 8.78 Å². The minimum atomic E-state index is -0.591. The Balaban J connectivity index is 1.74. The Hall–Kier alpha value is -1.45. The van der Waals surface area contributed by atoms with Crippen LogP contribution in [0.4, 0.5) is 8.78 Å². The normalized spacial score (nSPS) is 21.5. The molecular formula is C16H19F2NO. The summed E-state index contributed by atoms with van der Waals surface area (Å²) in [7, 11) is 0. The average Bonchev–Trinajstić information content (AvgIpc) is 3.20. The molecule has 0 aliphatic heterocycles. The minimum absolute atomic E-state index is 0.0333. The molecule has 0 spiro atoms. The van der Waals surface area contributed by atoms with Crippen LogP contribution in [0.25, 0.3) is 0 Å². The predicted octanol–water partition coefficient (Wildman–Crippen LogP) is 3.65. The number of hydrogen-bond acceptors (Lipinski definition) is 1. The van der Waals surface area contributed by atoms with Crippen LogP contribution >= 0.6 is 0 Å². The van der Waals surface area contributed by atoms with Gasteiger partial charge in [-0.15, -0.1) is 0 Å². The van der Waals surface area contributed by atoms with Gasteiger partial charge in [-0.3, -0.25) is 4.79 Å². The lowest BCUT2D eigenvalue weighted by Crippen LogP contribution is -2.40. The maximum Gasteiger partial charge on any atom is 0.223 e. The molecule has 2 saturated carbocycles. The fourth-order valence-electron chi connectivity index (χ4n) is 3.17. The number of halogens is 2. The van der Waals surface area contributed by atoms with Crippen molar-refractivity contribution >= 4 is 5.91 Å². The van der Waals surface area contributed by atoms with E-state index in [0.717, 1.165) is 44.6 Å². The molecular weight excluding hydrogens is 260 g/mol. The zero-order chi connectivity index (χ0) is 14.2. The maximum atomic E-state index is 13.9. The first kappa shape index (κ1) is 13.5. The average molecular weight is 279 g/mol. The Bertz CT molecular complexity index is 519. The Morgan fingerprint density at radius 3 is 2.45 bits per heavy atom. The second-order valence-electron chi connectivity index (χ2n) is 6.03. The van der Waals surface area contributed by atoms with Gasteiger partial charge in [0.25, 0.3) is 0 Å². The van der Waals surface area contributed by atoms with Gasteiger partial charge in [-0.05, 0) is 31.7 Å². The fraction of sp³-hybridized carbons (Fsp3) is 0.562. The Labute approximate surface area is 117 Å². The van der Waals surface area contributed by atoms with E-state index in [4.69, 9.17) is 0 Å². The maximum absolute atomic E-state index is 13.9. The van der Waals surface area contributed by atoms with Crippen LogP contribution < -0.4 is 5.32 Å². The summed E-state index contributed by atoms with van der Waals surface area (Å²) in [6.45, 7) is 0. The zero-order valence-electron chi connectivity index (χ0n) is 11.4. The molecule has 1 aromatic rings. The van der Waals surface area contributed by atoms with Gasteiger partial charge in [0.15, 0.2) is 0 Å². The molecule has 2 aliphatic carbocycles. The summed E-state index contributed by atoms with van der Waals surface area (Å²) in [4.78, 5) is 12.3. The van der Waals surface area contributed by atoms with E-state index in [2.05, 4.69) is 5.32 Å². The minimum Gasteiger partial charge on any atom is -0.346 e. The van der Waals surface area contributed by atoms with Gasteiger partial charge in [-0.1, -0.05) is 25.3 Å². The monoisotopic (exact) mass is 279 g/mol. The van der Waals surface area contributed by atoms with Crippen LogP contribution in [0.5, 0.6) is 0 Å². The highest BCUT2D eigenvalue weighted by molar-refractivity contribution is 5.80. The van der Waals surface area contributed by atoms with E-state index >= 15 is 0 Å². The van der Waals surface area contributed by atoms with Crippen LogP contribution in [0, 0.1) is 17.6 Å². The van der Waals surface area contributed by atoms with Crippen LogP contribution in [0.1, 0.15) is 50.5 Å². The second kappa shape index (κ2) is 5.15. The second-order valence-corrected chi connectivity index (χ2v) is 6.03. The Morgan fingerprint density at radius 2 is 1.85 bits per heavy atom. The number of benzene rings is 1. The predicted molar refractivity (Wildman–Crippen MR) is 72.0 cm³/mol. The van der Waals surface area contributed by atoms with E-state index in [1.807, 2.05) is 0 Å².